The van der Waals surface area contributed by atoms with Gasteiger partial charge in [-0.2, -0.15) is 0 Å². The summed E-state index contributed by atoms with van der Waals surface area (Å²) in [6.07, 6.45) is 2.45. The molecule has 0 aromatic rings. The molecule has 2 aliphatic rings. The van der Waals surface area contributed by atoms with Gasteiger partial charge in [-0.05, 0) is 40.2 Å². The fourth-order valence-corrected chi connectivity index (χ4v) is 3.58. The van der Waals surface area contributed by atoms with Crippen LogP contribution in [0.3, 0.4) is 0 Å². The maximum absolute atomic E-state index is 5.63. The molecule has 2 aliphatic heterocycles. The van der Waals surface area contributed by atoms with Gasteiger partial charge >= 0.3 is 0 Å². The van der Waals surface area contributed by atoms with Gasteiger partial charge in [0.25, 0.3) is 0 Å². The molecule has 1 unspecified atom stereocenters. The first-order valence-corrected chi connectivity index (χ1v) is 8.95. The maximum Gasteiger partial charge on any atom is 0.193 e. The molecular formula is C17H34N4O. The summed E-state index contributed by atoms with van der Waals surface area (Å²) in [7, 11) is 0. The van der Waals surface area contributed by atoms with E-state index in [4.69, 9.17) is 9.73 Å². The normalized spacial score (nSPS) is 25.9. The zero-order chi connectivity index (χ0) is 16.0. The molecule has 0 aromatic heterocycles. The minimum absolute atomic E-state index is 0.392. The number of aliphatic imine (C=N–C) groups is 1. The predicted octanol–water partition coefficient (Wildman–Crippen LogP) is 1.79. The molecule has 1 spiro atoms. The maximum atomic E-state index is 5.63. The second kappa shape index (κ2) is 8.16. The number of likely N-dealkylation sites (tertiary alicyclic amines) is 1. The number of nitrogens with one attached hydrogen (secondary N) is 1. The number of hydrogen-bond acceptors (Lipinski definition) is 3. The third-order valence-corrected chi connectivity index (χ3v) is 5.04. The Labute approximate surface area is 136 Å². The lowest BCUT2D eigenvalue weighted by Crippen LogP contribution is -2.42. The van der Waals surface area contributed by atoms with E-state index < -0.39 is 0 Å². The van der Waals surface area contributed by atoms with E-state index in [1.165, 1.54) is 12.8 Å². The van der Waals surface area contributed by atoms with Gasteiger partial charge in [-0.3, -0.25) is 9.89 Å². The fourth-order valence-electron chi connectivity index (χ4n) is 3.58. The number of ether oxygens (including phenoxy) is 1. The first kappa shape index (κ1) is 17.5. The van der Waals surface area contributed by atoms with Gasteiger partial charge in [-0.15, -0.1) is 0 Å². The fraction of sp³-hybridized carbons (Fsp3) is 0.941. The molecule has 2 fully saturated rings. The van der Waals surface area contributed by atoms with E-state index in [1.807, 2.05) is 0 Å². The van der Waals surface area contributed by atoms with Crippen molar-refractivity contribution in [2.24, 2.45) is 10.4 Å². The highest BCUT2D eigenvalue weighted by Gasteiger charge is 2.42. The number of rotatable bonds is 6. The minimum Gasteiger partial charge on any atom is -0.381 e. The average molecular weight is 310 g/mol. The van der Waals surface area contributed by atoms with Gasteiger partial charge in [-0.1, -0.05) is 6.92 Å². The molecule has 1 atom stereocenters. The molecule has 2 rings (SSSR count). The first-order valence-electron chi connectivity index (χ1n) is 8.95. The minimum atomic E-state index is 0.392. The van der Waals surface area contributed by atoms with Crippen molar-refractivity contribution in [3.8, 4) is 0 Å². The average Bonchev–Trinajstić information content (AvgIpc) is 3.13. The summed E-state index contributed by atoms with van der Waals surface area (Å²) in [6, 6.07) is 0.591. The Morgan fingerprint density at radius 2 is 2.18 bits per heavy atom. The molecule has 5 heteroatoms. The molecule has 0 saturated carbocycles. The van der Waals surface area contributed by atoms with E-state index in [1.54, 1.807) is 0 Å². The Morgan fingerprint density at radius 1 is 1.36 bits per heavy atom. The summed E-state index contributed by atoms with van der Waals surface area (Å²) in [6.45, 7) is 16.9. The van der Waals surface area contributed by atoms with Gasteiger partial charge in [0.15, 0.2) is 5.96 Å². The Balaban J connectivity index is 1.90. The van der Waals surface area contributed by atoms with Crippen LogP contribution in [0.2, 0.25) is 0 Å². The van der Waals surface area contributed by atoms with Crippen LogP contribution >= 0.6 is 0 Å². The molecule has 0 bridgehead atoms. The van der Waals surface area contributed by atoms with Crippen LogP contribution in [0.4, 0.5) is 0 Å². The second-order valence-corrected chi connectivity index (χ2v) is 6.93. The molecule has 0 aromatic carbocycles. The van der Waals surface area contributed by atoms with Crippen molar-refractivity contribution in [3.63, 3.8) is 0 Å². The summed E-state index contributed by atoms with van der Waals surface area (Å²) < 4.78 is 5.63. The van der Waals surface area contributed by atoms with E-state index in [2.05, 4.69) is 42.8 Å². The largest absolute Gasteiger partial charge is 0.381 e. The molecule has 0 aliphatic carbocycles. The van der Waals surface area contributed by atoms with Crippen LogP contribution in [0.15, 0.2) is 4.99 Å². The van der Waals surface area contributed by atoms with Crippen molar-refractivity contribution >= 4 is 5.96 Å². The van der Waals surface area contributed by atoms with Crippen LogP contribution in [0.5, 0.6) is 0 Å². The van der Waals surface area contributed by atoms with E-state index >= 15 is 0 Å². The Morgan fingerprint density at radius 3 is 2.77 bits per heavy atom. The molecule has 0 radical (unpaired) electrons. The Bertz CT molecular complexity index is 364. The van der Waals surface area contributed by atoms with E-state index in [0.29, 0.717) is 11.5 Å². The van der Waals surface area contributed by atoms with Crippen LogP contribution in [-0.2, 0) is 4.74 Å². The van der Waals surface area contributed by atoms with Crippen LogP contribution in [0.25, 0.3) is 0 Å². The molecule has 2 heterocycles. The lowest BCUT2D eigenvalue weighted by molar-refractivity contribution is 0.156. The third kappa shape index (κ3) is 4.35. The SMILES string of the molecule is CCNC(=NCCN(CC)C(C)C)N1CCC2(CCOC2)C1. The standard InChI is InChI=1S/C17H34N4O/c1-5-18-16(19-9-11-20(6-2)15(3)4)21-10-7-17(13-21)8-12-22-14-17/h15H,5-14H2,1-4H3,(H,18,19). The Hall–Kier alpha value is -0.810. The molecular weight excluding hydrogens is 276 g/mol. The number of hydrogen-bond donors (Lipinski definition) is 1. The van der Waals surface area contributed by atoms with Gasteiger partial charge in [-0.25, -0.2) is 0 Å². The van der Waals surface area contributed by atoms with Gasteiger partial charge in [0, 0.05) is 44.2 Å². The zero-order valence-corrected chi connectivity index (χ0v) is 14.9. The smallest absolute Gasteiger partial charge is 0.193 e. The number of guanidine groups is 1. The quantitative estimate of drug-likeness (QED) is 0.600. The summed E-state index contributed by atoms with van der Waals surface area (Å²) in [4.78, 5) is 9.77. The molecule has 1 N–H and O–H groups in total. The van der Waals surface area contributed by atoms with Crippen LogP contribution < -0.4 is 5.32 Å². The van der Waals surface area contributed by atoms with Crippen molar-refractivity contribution in [3.05, 3.63) is 0 Å². The summed E-state index contributed by atoms with van der Waals surface area (Å²) in [5, 5.41) is 3.47. The van der Waals surface area contributed by atoms with Crippen LogP contribution in [0, 0.1) is 5.41 Å². The topological polar surface area (TPSA) is 40.1 Å². The van der Waals surface area contributed by atoms with Gasteiger partial charge in [0.05, 0.1) is 13.2 Å². The van der Waals surface area contributed by atoms with E-state index in [0.717, 1.165) is 58.4 Å². The lowest BCUT2D eigenvalue weighted by Gasteiger charge is -2.26. The Kier molecular flexibility index (Phi) is 6.50. The molecule has 2 saturated heterocycles. The summed E-state index contributed by atoms with van der Waals surface area (Å²) in [5.74, 6) is 1.09. The second-order valence-electron chi connectivity index (χ2n) is 6.93. The van der Waals surface area contributed by atoms with Crippen molar-refractivity contribution in [1.29, 1.82) is 0 Å². The third-order valence-electron chi connectivity index (χ3n) is 5.04. The lowest BCUT2D eigenvalue weighted by atomic mass is 9.87. The van der Waals surface area contributed by atoms with Gasteiger partial charge in [0.2, 0.25) is 0 Å². The van der Waals surface area contributed by atoms with E-state index in [9.17, 15) is 0 Å². The highest BCUT2D eigenvalue weighted by atomic mass is 16.5. The van der Waals surface area contributed by atoms with Crippen molar-refractivity contribution in [1.82, 2.24) is 15.1 Å². The van der Waals surface area contributed by atoms with Crippen molar-refractivity contribution < 1.29 is 4.74 Å². The molecule has 128 valence electrons. The molecule has 22 heavy (non-hydrogen) atoms. The van der Waals surface area contributed by atoms with Crippen LogP contribution in [-0.4, -0.2) is 74.3 Å². The van der Waals surface area contributed by atoms with Crippen LogP contribution in [0.1, 0.15) is 40.5 Å². The zero-order valence-electron chi connectivity index (χ0n) is 14.9. The van der Waals surface area contributed by atoms with Gasteiger partial charge < -0.3 is 15.0 Å². The van der Waals surface area contributed by atoms with E-state index in [-0.39, 0.29) is 0 Å². The highest BCUT2D eigenvalue weighted by molar-refractivity contribution is 5.80. The van der Waals surface area contributed by atoms with Crippen molar-refractivity contribution in [2.45, 2.75) is 46.6 Å². The molecule has 5 nitrogen and oxygen atoms in total. The summed E-state index contributed by atoms with van der Waals surface area (Å²) >= 11 is 0. The molecule has 0 amide bonds. The monoisotopic (exact) mass is 310 g/mol. The van der Waals surface area contributed by atoms with Gasteiger partial charge in [0.1, 0.15) is 0 Å². The number of likely N-dealkylation sites (N-methyl/N-ethyl adjacent to an activating group) is 1. The number of nitrogens with zero attached hydrogens (tertiary/aromatic N) is 3. The predicted molar refractivity (Wildman–Crippen MR) is 92.4 cm³/mol. The highest BCUT2D eigenvalue weighted by Crippen LogP contribution is 2.38. The van der Waals surface area contributed by atoms with Crippen molar-refractivity contribution in [2.75, 3.05) is 52.5 Å². The first-order chi connectivity index (χ1) is 10.6. The summed E-state index contributed by atoms with van der Waals surface area (Å²) in [5.41, 5.74) is 0.392.